The summed E-state index contributed by atoms with van der Waals surface area (Å²) in [6.07, 6.45) is 1.56. The first-order valence-corrected chi connectivity index (χ1v) is 6.92. The van der Waals surface area contributed by atoms with Gasteiger partial charge in [-0.15, -0.1) is 0 Å². The van der Waals surface area contributed by atoms with Crippen molar-refractivity contribution >= 4 is 23.4 Å². The normalized spacial score (nSPS) is 10.3. The molecule has 2 N–H and O–H groups in total. The number of nitrogen functional groups attached to an aromatic ring is 1. The van der Waals surface area contributed by atoms with E-state index >= 15 is 0 Å². The van der Waals surface area contributed by atoms with Crippen LogP contribution in [0.3, 0.4) is 0 Å². The molecule has 0 aliphatic heterocycles. The van der Waals surface area contributed by atoms with Crippen LogP contribution in [0.25, 0.3) is 0 Å². The minimum absolute atomic E-state index is 0.342. The molecule has 0 fully saturated rings. The van der Waals surface area contributed by atoms with Gasteiger partial charge in [-0.25, -0.2) is 9.78 Å². The topological polar surface area (TPSA) is 65.2 Å². The minimum Gasteiger partial charge on any atom is -0.465 e. The molecule has 5 heteroatoms. The van der Waals surface area contributed by atoms with Gasteiger partial charge in [-0.05, 0) is 31.5 Å². The lowest BCUT2D eigenvalue weighted by atomic mass is 10.2. The number of rotatable bonds is 3. The van der Waals surface area contributed by atoms with E-state index in [0.717, 1.165) is 10.5 Å². The van der Waals surface area contributed by atoms with E-state index in [9.17, 15) is 4.79 Å². The molecular weight excluding hydrogens is 272 g/mol. The maximum atomic E-state index is 11.6. The number of hydrogen-bond donors (Lipinski definition) is 1. The van der Waals surface area contributed by atoms with Crippen molar-refractivity contribution in [3.05, 3.63) is 47.2 Å². The Hall–Kier alpha value is -2.01. The molecule has 0 bridgehead atoms. The highest BCUT2D eigenvalue weighted by atomic mass is 32.2. The molecule has 0 radical (unpaired) electrons. The van der Waals surface area contributed by atoms with Crippen LogP contribution in [0.2, 0.25) is 0 Å². The maximum absolute atomic E-state index is 11.6. The molecule has 20 heavy (non-hydrogen) atoms. The zero-order valence-electron chi connectivity index (χ0n) is 11.6. The van der Waals surface area contributed by atoms with Gasteiger partial charge in [0.2, 0.25) is 0 Å². The van der Waals surface area contributed by atoms with Crippen molar-refractivity contribution in [2.75, 3.05) is 12.8 Å². The molecule has 0 aliphatic rings. The van der Waals surface area contributed by atoms with E-state index in [-0.39, 0.29) is 0 Å². The summed E-state index contributed by atoms with van der Waals surface area (Å²) in [6.45, 7) is 4.08. The number of aromatic nitrogens is 1. The van der Waals surface area contributed by atoms with Crippen LogP contribution in [0.5, 0.6) is 0 Å². The van der Waals surface area contributed by atoms with Crippen LogP contribution >= 0.6 is 11.8 Å². The predicted octanol–water partition coefficient (Wildman–Crippen LogP) is 3.22. The molecule has 0 saturated heterocycles. The summed E-state index contributed by atoms with van der Waals surface area (Å²) in [5.41, 5.74) is 9.05. The summed E-state index contributed by atoms with van der Waals surface area (Å²) in [5.74, 6) is -0.452. The zero-order valence-corrected chi connectivity index (χ0v) is 12.5. The second-order valence-corrected chi connectivity index (χ2v) is 5.47. The maximum Gasteiger partial charge on any atom is 0.340 e. The molecule has 2 aromatic rings. The van der Waals surface area contributed by atoms with Crippen molar-refractivity contribution in [2.45, 2.75) is 23.8 Å². The smallest absolute Gasteiger partial charge is 0.340 e. The average Bonchev–Trinajstić information content (AvgIpc) is 2.43. The number of anilines is 1. The predicted molar refractivity (Wildman–Crippen MR) is 80.0 cm³/mol. The van der Waals surface area contributed by atoms with Crippen LogP contribution < -0.4 is 5.73 Å². The summed E-state index contributed by atoms with van der Waals surface area (Å²) >= 11 is 1.45. The van der Waals surface area contributed by atoms with Crippen molar-refractivity contribution in [1.82, 2.24) is 4.98 Å². The Kier molecular flexibility index (Phi) is 4.29. The molecule has 1 aromatic carbocycles. The molecule has 0 amide bonds. The highest BCUT2D eigenvalue weighted by Crippen LogP contribution is 2.34. The first kappa shape index (κ1) is 14.4. The van der Waals surface area contributed by atoms with Crippen molar-refractivity contribution in [3.63, 3.8) is 0 Å². The van der Waals surface area contributed by atoms with Gasteiger partial charge in [0, 0.05) is 11.1 Å². The van der Waals surface area contributed by atoms with E-state index in [4.69, 9.17) is 10.5 Å². The molecule has 4 nitrogen and oxygen atoms in total. The molecular formula is C15H16N2O2S. The van der Waals surface area contributed by atoms with Crippen LogP contribution in [0.4, 0.5) is 5.69 Å². The van der Waals surface area contributed by atoms with Crippen LogP contribution in [0.15, 0.2) is 40.4 Å². The summed E-state index contributed by atoms with van der Waals surface area (Å²) < 4.78 is 4.71. The van der Waals surface area contributed by atoms with Gasteiger partial charge in [0.1, 0.15) is 5.03 Å². The number of hydrogen-bond acceptors (Lipinski definition) is 5. The van der Waals surface area contributed by atoms with Crippen LogP contribution in [0.1, 0.15) is 21.5 Å². The third-order valence-corrected chi connectivity index (χ3v) is 4.09. The third-order valence-electron chi connectivity index (χ3n) is 2.90. The van der Waals surface area contributed by atoms with Crippen molar-refractivity contribution in [3.8, 4) is 0 Å². The SMILES string of the molecule is COC(=O)c1ccnc(Sc2ccc(C)cc2C)c1N. The van der Waals surface area contributed by atoms with Gasteiger partial charge in [0.15, 0.2) is 0 Å². The quantitative estimate of drug-likeness (QED) is 0.878. The van der Waals surface area contributed by atoms with Gasteiger partial charge < -0.3 is 10.5 Å². The van der Waals surface area contributed by atoms with E-state index < -0.39 is 5.97 Å². The van der Waals surface area contributed by atoms with Gasteiger partial charge in [-0.2, -0.15) is 0 Å². The number of carbonyl (C=O) groups excluding carboxylic acids is 1. The standard InChI is InChI=1S/C15H16N2O2S/c1-9-4-5-12(10(2)8-9)20-14-13(16)11(6-7-17-14)15(18)19-3/h4-8H,16H2,1-3H3. The second-order valence-electron chi connectivity index (χ2n) is 4.44. The lowest BCUT2D eigenvalue weighted by Crippen LogP contribution is -2.07. The first-order chi connectivity index (χ1) is 9.52. The van der Waals surface area contributed by atoms with E-state index in [1.54, 1.807) is 12.3 Å². The molecule has 0 saturated carbocycles. The van der Waals surface area contributed by atoms with Crippen molar-refractivity contribution in [1.29, 1.82) is 0 Å². The molecule has 0 atom stereocenters. The summed E-state index contributed by atoms with van der Waals surface area (Å²) in [5, 5.41) is 0.611. The Labute approximate surface area is 122 Å². The lowest BCUT2D eigenvalue weighted by molar-refractivity contribution is 0.0601. The van der Waals surface area contributed by atoms with Crippen LogP contribution in [-0.4, -0.2) is 18.1 Å². The minimum atomic E-state index is -0.452. The average molecular weight is 288 g/mol. The van der Waals surface area contributed by atoms with Crippen molar-refractivity contribution in [2.24, 2.45) is 0 Å². The van der Waals surface area contributed by atoms with Gasteiger partial charge in [-0.3, -0.25) is 0 Å². The fourth-order valence-electron chi connectivity index (χ4n) is 1.84. The number of nitrogens with zero attached hydrogens (tertiary/aromatic N) is 1. The second kappa shape index (κ2) is 5.96. The van der Waals surface area contributed by atoms with Crippen molar-refractivity contribution < 1.29 is 9.53 Å². The van der Waals surface area contributed by atoms with Gasteiger partial charge in [0.25, 0.3) is 0 Å². The summed E-state index contributed by atoms with van der Waals surface area (Å²) in [4.78, 5) is 16.9. The molecule has 2 rings (SSSR count). The number of ether oxygens (including phenoxy) is 1. The fraction of sp³-hybridized carbons (Fsp3) is 0.200. The molecule has 104 valence electrons. The fourth-order valence-corrected chi connectivity index (χ4v) is 2.74. The van der Waals surface area contributed by atoms with Crippen LogP contribution in [0, 0.1) is 13.8 Å². The van der Waals surface area contributed by atoms with Gasteiger partial charge >= 0.3 is 5.97 Å². The Bertz CT molecular complexity index is 656. The zero-order chi connectivity index (χ0) is 14.7. The molecule has 0 unspecified atom stereocenters. The Morgan fingerprint density at radius 3 is 2.70 bits per heavy atom. The van der Waals surface area contributed by atoms with E-state index in [1.165, 1.54) is 24.4 Å². The van der Waals surface area contributed by atoms with Gasteiger partial charge in [0.05, 0.1) is 18.4 Å². The number of methoxy groups -OCH3 is 1. The number of nitrogens with two attached hydrogens (primary N) is 1. The summed E-state index contributed by atoms with van der Waals surface area (Å²) in [7, 11) is 1.33. The van der Waals surface area contributed by atoms with E-state index in [2.05, 4.69) is 11.1 Å². The number of carbonyl (C=O) groups is 1. The Morgan fingerprint density at radius 1 is 1.30 bits per heavy atom. The number of pyridine rings is 1. The Balaban J connectivity index is 2.37. The number of aryl methyl sites for hydroxylation is 2. The number of benzene rings is 1. The Morgan fingerprint density at radius 2 is 2.05 bits per heavy atom. The first-order valence-electron chi connectivity index (χ1n) is 6.11. The number of esters is 1. The van der Waals surface area contributed by atoms with Gasteiger partial charge in [-0.1, -0.05) is 29.5 Å². The molecule has 0 aliphatic carbocycles. The summed E-state index contributed by atoms with van der Waals surface area (Å²) in [6, 6.07) is 7.73. The molecule has 1 aromatic heterocycles. The van der Waals surface area contributed by atoms with E-state index in [1.807, 2.05) is 26.0 Å². The third kappa shape index (κ3) is 2.93. The van der Waals surface area contributed by atoms with E-state index in [0.29, 0.717) is 16.3 Å². The van der Waals surface area contributed by atoms with Crippen LogP contribution in [-0.2, 0) is 4.74 Å². The monoisotopic (exact) mass is 288 g/mol. The molecule has 0 spiro atoms. The highest BCUT2D eigenvalue weighted by molar-refractivity contribution is 7.99. The molecule has 1 heterocycles. The highest BCUT2D eigenvalue weighted by Gasteiger charge is 2.15. The largest absolute Gasteiger partial charge is 0.465 e. The lowest BCUT2D eigenvalue weighted by Gasteiger charge is -2.10.